The lowest BCUT2D eigenvalue weighted by Crippen LogP contribution is -2.20. The molecule has 1 fully saturated rings. The molecule has 0 aromatic carbocycles. The van der Waals surface area contributed by atoms with E-state index in [0.717, 1.165) is 6.42 Å². The SMILES string of the molecule is FC(F)c1cc2cnc(Cl)cc2c(NC2CCOC2)n1. The highest BCUT2D eigenvalue weighted by Gasteiger charge is 2.19. The van der Waals surface area contributed by atoms with Crippen molar-refractivity contribution < 1.29 is 13.5 Å². The van der Waals surface area contributed by atoms with Crippen LogP contribution >= 0.6 is 11.6 Å². The average Bonchev–Trinajstić information content (AvgIpc) is 2.92. The summed E-state index contributed by atoms with van der Waals surface area (Å²) in [6.45, 7) is 1.20. The third-order valence-electron chi connectivity index (χ3n) is 3.19. The first-order valence-corrected chi connectivity index (χ1v) is 6.60. The number of ether oxygens (including phenoxy) is 1. The van der Waals surface area contributed by atoms with E-state index < -0.39 is 6.43 Å². The second-order valence-electron chi connectivity index (χ2n) is 4.63. The minimum atomic E-state index is -2.63. The quantitative estimate of drug-likeness (QED) is 0.882. The number of hydrogen-bond donors (Lipinski definition) is 1. The number of fused-ring (bicyclic) bond motifs is 1. The summed E-state index contributed by atoms with van der Waals surface area (Å²) in [5.41, 5.74) is -0.275. The van der Waals surface area contributed by atoms with Gasteiger partial charge in [0.15, 0.2) is 0 Å². The Morgan fingerprint density at radius 1 is 1.40 bits per heavy atom. The number of hydrogen-bond acceptors (Lipinski definition) is 4. The topological polar surface area (TPSA) is 47.0 Å². The van der Waals surface area contributed by atoms with Crippen LogP contribution in [0.1, 0.15) is 18.5 Å². The van der Waals surface area contributed by atoms with Crippen LogP contribution in [0.2, 0.25) is 5.15 Å². The zero-order valence-corrected chi connectivity index (χ0v) is 11.2. The molecule has 20 heavy (non-hydrogen) atoms. The van der Waals surface area contributed by atoms with Crippen molar-refractivity contribution in [3.05, 3.63) is 29.2 Å². The molecule has 7 heteroatoms. The smallest absolute Gasteiger partial charge is 0.280 e. The minimum Gasteiger partial charge on any atom is -0.379 e. The summed E-state index contributed by atoms with van der Waals surface area (Å²) in [6.07, 6.45) is -0.335. The van der Waals surface area contributed by atoms with Gasteiger partial charge in [0, 0.05) is 23.6 Å². The van der Waals surface area contributed by atoms with Crippen LogP contribution in [0.5, 0.6) is 0 Å². The van der Waals surface area contributed by atoms with Crippen LogP contribution in [0.25, 0.3) is 10.8 Å². The Kier molecular flexibility index (Phi) is 3.67. The highest BCUT2D eigenvalue weighted by molar-refractivity contribution is 6.30. The molecule has 3 heterocycles. The second kappa shape index (κ2) is 5.46. The number of pyridine rings is 2. The van der Waals surface area contributed by atoms with Crippen LogP contribution in [-0.4, -0.2) is 29.2 Å². The summed E-state index contributed by atoms with van der Waals surface area (Å²) < 4.78 is 31.1. The number of alkyl halides is 2. The molecule has 1 aliphatic heterocycles. The van der Waals surface area contributed by atoms with E-state index in [2.05, 4.69) is 15.3 Å². The molecule has 0 bridgehead atoms. The Balaban J connectivity index is 2.07. The van der Waals surface area contributed by atoms with Gasteiger partial charge in [-0.05, 0) is 18.6 Å². The van der Waals surface area contributed by atoms with Crippen molar-refractivity contribution in [1.29, 1.82) is 0 Å². The summed E-state index contributed by atoms with van der Waals surface area (Å²) in [5.74, 6) is 0.401. The summed E-state index contributed by atoms with van der Waals surface area (Å²) >= 11 is 5.87. The van der Waals surface area contributed by atoms with Crippen LogP contribution in [0.4, 0.5) is 14.6 Å². The molecule has 1 N–H and O–H groups in total. The molecule has 1 atom stereocenters. The highest BCUT2D eigenvalue weighted by Crippen LogP contribution is 2.29. The van der Waals surface area contributed by atoms with Crippen molar-refractivity contribution in [3.8, 4) is 0 Å². The van der Waals surface area contributed by atoms with Crippen LogP contribution in [0.15, 0.2) is 18.3 Å². The monoisotopic (exact) mass is 299 g/mol. The summed E-state index contributed by atoms with van der Waals surface area (Å²) in [7, 11) is 0. The maximum Gasteiger partial charge on any atom is 0.280 e. The number of halogens is 3. The molecule has 106 valence electrons. The normalized spacial score (nSPS) is 18.9. The van der Waals surface area contributed by atoms with Gasteiger partial charge < -0.3 is 10.1 Å². The number of nitrogens with zero attached hydrogens (tertiary/aromatic N) is 2. The first kappa shape index (κ1) is 13.5. The van der Waals surface area contributed by atoms with Gasteiger partial charge in [-0.15, -0.1) is 0 Å². The maximum atomic E-state index is 12.9. The lowest BCUT2D eigenvalue weighted by atomic mass is 10.1. The van der Waals surface area contributed by atoms with Crippen LogP contribution in [0, 0.1) is 0 Å². The minimum absolute atomic E-state index is 0.0746. The predicted molar refractivity (Wildman–Crippen MR) is 72.4 cm³/mol. The first-order chi connectivity index (χ1) is 9.63. The van der Waals surface area contributed by atoms with E-state index in [1.165, 1.54) is 12.3 Å². The Labute approximate surface area is 119 Å². The number of anilines is 1. The maximum absolute atomic E-state index is 12.9. The van der Waals surface area contributed by atoms with E-state index in [9.17, 15) is 8.78 Å². The largest absolute Gasteiger partial charge is 0.379 e. The van der Waals surface area contributed by atoms with Crippen molar-refractivity contribution in [2.75, 3.05) is 18.5 Å². The van der Waals surface area contributed by atoms with Crippen LogP contribution < -0.4 is 5.32 Å². The van der Waals surface area contributed by atoms with E-state index in [-0.39, 0.29) is 11.7 Å². The molecule has 1 saturated heterocycles. The number of aromatic nitrogens is 2. The van der Waals surface area contributed by atoms with Crippen LogP contribution in [-0.2, 0) is 4.74 Å². The Morgan fingerprint density at radius 3 is 2.95 bits per heavy atom. The third kappa shape index (κ3) is 2.66. The van der Waals surface area contributed by atoms with Gasteiger partial charge in [0.1, 0.15) is 16.7 Å². The van der Waals surface area contributed by atoms with E-state index in [4.69, 9.17) is 16.3 Å². The third-order valence-corrected chi connectivity index (χ3v) is 3.40. The van der Waals surface area contributed by atoms with Gasteiger partial charge in [0.25, 0.3) is 6.43 Å². The Morgan fingerprint density at radius 2 is 2.25 bits per heavy atom. The molecule has 0 saturated carbocycles. The van der Waals surface area contributed by atoms with Gasteiger partial charge in [-0.2, -0.15) is 0 Å². The molecule has 0 spiro atoms. The van der Waals surface area contributed by atoms with E-state index in [1.807, 2.05) is 0 Å². The van der Waals surface area contributed by atoms with Crippen molar-refractivity contribution in [1.82, 2.24) is 9.97 Å². The fourth-order valence-electron chi connectivity index (χ4n) is 2.20. The lowest BCUT2D eigenvalue weighted by molar-refractivity contribution is 0.146. The predicted octanol–water partition coefficient (Wildman–Crippen LogP) is 3.42. The van der Waals surface area contributed by atoms with Gasteiger partial charge in [0.05, 0.1) is 12.6 Å². The molecule has 0 radical (unpaired) electrons. The van der Waals surface area contributed by atoms with Crippen molar-refractivity contribution in [2.45, 2.75) is 18.9 Å². The van der Waals surface area contributed by atoms with Gasteiger partial charge >= 0.3 is 0 Å². The molecular formula is C13H12ClF2N3O. The van der Waals surface area contributed by atoms with Gasteiger partial charge in [-0.3, -0.25) is 0 Å². The van der Waals surface area contributed by atoms with E-state index in [1.54, 1.807) is 6.07 Å². The molecule has 3 rings (SSSR count). The molecule has 1 unspecified atom stereocenters. The molecular weight excluding hydrogens is 288 g/mol. The van der Waals surface area contributed by atoms with E-state index in [0.29, 0.717) is 35.0 Å². The first-order valence-electron chi connectivity index (χ1n) is 6.22. The van der Waals surface area contributed by atoms with Crippen LogP contribution in [0.3, 0.4) is 0 Å². The summed E-state index contributed by atoms with van der Waals surface area (Å²) in [6, 6.07) is 3.03. The fourth-order valence-corrected chi connectivity index (χ4v) is 2.36. The molecule has 4 nitrogen and oxygen atoms in total. The molecule has 1 aliphatic rings. The van der Waals surface area contributed by atoms with Gasteiger partial charge in [-0.25, -0.2) is 18.7 Å². The highest BCUT2D eigenvalue weighted by atomic mass is 35.5. The number of nitrogens with one attached hydrogen (secondary N) is 1. The van der Waals surface area contributed by atoms with E-state index >= 15 is 0 Å². The standard InChI is InChI=1S/C13H12ClF2N3O/c14-11-4-9-7(5-17-11)3-10(12(15)16)19-13(9)18-8-1-2-20-6-8/h3-5,8,12H,1-2,6H2,(H,18,19). The van der Waals surface area contributed by atoms with Gasteiger partial charge in [0.2, 0.25) is 0 Å². The zero-order chi connectivity index (χ0) is 14.1. The average molecular weight is 300 g/mol. The summed E-state index contributed by atoms with van der Waals surface area (Å²) in [4.78, 5) is 7.92. The fraction of sp³-hybridized carbons (Fsp3) is 0.385. The van der Waals surface area contributed by atoms with Gasteiger partial charge in [-0.1, -0.05) is 11.6 Å². The Hall–Kier alpha value is -1.53. The van der Waals surface area contributed by atoms with Crippen molar-refractivity contribution >= 4 is 28.2 Å². The lowest BCUT2D eigenvalue weighted by Gasteiger charge is -2.15. The molecule has 2 aromatic heterocycles. The molecule has 0 aliphatic carbocycles. The molecule has 0 amide bonds. The summed E-state index contributed by atoms with van der Waals surface area (Å²) in [5, 5.41) is 4.72. The van der Waals surface area contributed by atoms with Crippen molar-refractivity contribution in [3.63, 3.8) is 0 Å². The second-order valence-corrected chi connectivity index (χ2v) is 5.02. The van der Waals surface area contributed by atoms with Crippen molar-refractivity contribution in [2.24, 2.45) is 0 Å². The Bertz CT molecular complexity index is 632. The molecule has 2 aromatic rings. The number of rotatable bonds is 3. The zero-order valence-electron chi connectivity index (χ0n) is 10.4.